The number of aliphatic hydroxyl groups excluding tert-OH is 1. The zero-order valence-corrected chi connectivity index (χ0v) is 17.8. The summed E-state index contributed by atoms with van der Waals surface area (Å²) in [5.74, 6) is -1.35. The minimum Gasteiger partial charge on any atom is -0.509 e. The molecule has 1 aromatic carbocycles. The van der Waals surface area contributed by atoms with Gasteiger partial charge in [-0.3, -0.25) is 14.6 Å². The summed E-state index contributed by atoms with van der Waals surface area (Å²) in [5.41, 5.74) is -0.0534. The molecular formula is C22H28N2O6. The number of carbonyl (C=O) groups is 3. The fourth-order valence-corrected chi connectivity index (χ4v) is 2.90. The lowest BCUT2D eigenvalue weighted by Crippen LogP contribution is -2.45. The first-order valence-corrected chi connectivity index (χ1v) is 9.83. The van der Waals surface area contributed by atoms with Gasteiger partial charge in [0.15, 0.2) is 0 Å². The van der Waals surface area contributed by atoms with E-state index < -0.39 is 29.6 Å². The molecule has 1 aromatic rings. The van der Waals surface area contributed by atoms with E-state index in [0.717, 1.165) is 10.5 Å². The molecule has 0 spiro atoms. The molecule has 0 saturated heterocycles. The second-order valence-corrected chi connectivity index (χ2v) is 7.75. The molecule has 0 saturated carbocycles. The average Bonchev–Trinajstić information content (AvgIpc) is 2.89. The van der Waals surface area contributed by atoms with Crippen molar-refractivity contribution in [1.82, 2.24) is 4.90 Å². The van der Waals surface area contributed by atoms with Crippen molar-refractivity contribution in [2.75, 3.05) is 13.2 Å². The maximum atomic E-state index is 12.9. The van der Waals surface area contributed by atoms with E-state index in [1.807, 2.05) is 30.3 Å². The zero-order valence-electron chi connectivity index (χ0n) is 17.8. The van der Waals surface area contributed by atoms with Crippen molar-refractivity contribution in [2.45, 2.75) is 52.2 Å². The minimum absolute atomic E-state index is 0.0514. The summed E-state index contributed by atoms with van der Waals surface area (Å²) in [6.45, 7) is 7.17. The highest BCUT2D eigenvalue weighted by atomic mass is 16.6. The van der Waals surface area contributed by atoms with Crippen LogP contribution >= 0.6 is 0 Å². The number of hydrogen-bond acceptors (Lipinski definition) is 7. The Morgan fingerprint density at radius 2 is 1.90 bits per heavy atom. The predicted molar refractivity (Wildman–Crippen MR) is 111 cm³/mol. The molecule has 0 fully saturated rings. The monoisotopic (exact) mass is 416 g/mol. The van der Waals surface area contributed by atoms with Crippen LogP contribution in [-0.4, -0.2) is 59.0 Å². The summed E-state index contributed by atoms with van der Waals surface area (Å²) in [6.07, 6.45) is 0.641. The number of carbonyl (C=O) groups excluding carboxylic acids is 3. The quantitative estimate of drug-likeness (QED) is 0.540. The summed E-state index contributed by atoms with van der Waals surface area (Å²) >= 11 is 0. The van der Waals surface area contributed by atoms with Gasteiger partial charge in [-0.25, -0.2) is 9.69 Å². The Morgan fingerprint density at radius 1 is 1.23 bits per heavy atom. The Kier molecular flexibility index (Phi) is 7.74. The van der Waals surface area contributed by atoms with Crippen molar-refractivity contribution in [3.8, 4) is 0 Å². The fraction of sp³-hybridized carbons (Fsp3) is 0.455. The van der Waals surface area contributed by atoms with Crippen LogP contribution in [-0.2, 0) is 25.5 Å². The van der Waals surface area contributed by atoms with Crippen molar-refractivity contribution >= 4 is 24.2 Å². The van der Waals surface area contributed by atoms with Crippen molar-refractivity contribution < 1.29 is 29.0 Å². The molecule has 2 amide bonds. The fourth-order valence-electron chi connectivity index (χ4n) is 2.90. The second kappa shape index (κ2) is 10.0. The highest BCUT2D eigenvalue weighted by Gasteiger charge is 2.44. The minimum atomic E-state index is -0.902. The first-order valence-electron chi connectivity index (χ1n) is 9.83. The van der Waals surface area contributed by atoms with E-state index in [1.165, 1.54) is 6.21 Å². The second-order valence-electron chi connectivity index (χ2n) is 7.75. The smallest absolute Gasteiger partial charge is 0.418 e. The molecule has 8 nitrogen and oxygen atoms in total. The average molecular weight is 416 g/mol. The van der Waals surface area contributed by atoms with Crippen molar-refractivity contribution in [1.29, 1.82) is 0 Å². The third-order valence-corrected chi connectivity index (χ3v) is 4.19. The molecule has 0 unspecified atom stereocenters. The van der Waals surface area contributed by atoms with Gasteiger partial charge in [0.1, 0.15) is 17.4 Å². The van der Waals surface area contributed by atoms with E-state index >= 15 is 0 Å². The summed E-state index contributed by atoms with van der Waals surface area (Å²) < 4.78 is 10.2. The van der Waals surface area contributed by atoms with E-state index in [9.17, 15) is 19.5 Å². The van der Waals surface area contributed by atoms with Crippen LogP contribution in [0.15, 0.2) is 46.7 Å². The number of rotatable bonds is 7. The molecule has 1 N–H and O–H groups in total. The molecule has 0 aliphatic carbocycles. The Labute approximate surface area is 176 Å². The Balaban J connectivity index is 2.24. The largest absolute Gasteiger partial charge is 0.509 e. The highest BCUT2D eigenvalue weighted by Crippen LogP contribution is 2.28. The zero-order chi connectivity index (χ0) is 22.3. The van der Waals surface area contributed by atoms with E-state index in [-0.39, 0.29) is 37.3 Å². The lowest BCUT2D eigenvalue weighted by molar-refractivity contribution is -0.142. The van der Waals surface area contributed by atoms with Crippen LogP contribution in [0.3, 0.4) is 0 Å². The molecular weight excluding hydrogens is 388 g/mol. The Hall–Kier alpha value is -3.16. The molecule has 1 aliphatic rings. The van der Waals surface area contributed by atoms with E-state index in [2.05, 4.69) is 4.99 Å². The molecule has 8 heteroatoms. The number of nitrogens with zero attached hydrogens (tertiary/aromatic N) is 2. The van der Waals surface area contributed by atoms with Gasteiger partial charge in [-0.05, 0) is 33.3 Å². The van der Waals surface area contributed by atoms with Gasteiger partial charge in [-0.2, -0.15) is 0 Å². The van der Waals surface area contributed by atoms with Gasteiger partial charge >= 0.3 is 12.1 Å². The van der Waals surface area contributed by atoms with Gasteiger partial charge in [-0.1, -0.05) is 30.3 Å². The molecule has 0 radical (unpaired) electrons. The summed E-state index contributed by atoms with van der Waals surface area (Å²) in [5, 5.41) is 10.7. The van der Waals surface area contributed by atoms with Gasteiger partial charge in [0, 0.05) is 19.2 Å². The van der Waals surface area contributed by atoms with E-state index in [1.54, 1.807) is 27.7 Å². The number of hydrogen-bond donors (Lipinski definition) is 1. The van der Waals surface area contributed by atoms with Crippen molar-refractivity contribution in [3.05, 3.63) is 47.2 Å². The van der Waals surface area contributed by atoms with Gasteiger partial charge < -0.3 is 14.6 Å². The van der Waals surface area contributed by atoms with Gasteiger partial charge in [0.2, 0.25) is 0 Å². The van der Waals surface area contributed by atoms with Gasteiger partial charge in [0.05, 0.1) is 18.6 Å². The summed E-state index contributed by atoms with van der Waals surface area (Å²) in [6, 6.07) is 8.31. The van der Waals surface area contributed by atoms with Crippen LogP contribution in [0.25, 0.3) is 0 Å². The molecule has 0 aromatic heterocycles. The normalized spacial score (nSPS) is 17.0. The van der Waals surface area contributed by atoms with Crippen LogP contribution in [0.2, 0.25) is 0 Å². The Morgan fingerprint density at radius 3 is 2.50 bits per heavy atom. The molecule has 0 bridgehead atoms. The van der Waals surface area contributed by atoms with Gasteiger partial charge in [-0.15, -0.1) is 0 Å². The number of aliphatic hydroxyl groups is 1. The number of ether oxygens (including phenoxy) is 2. The van der Waals surface area contributed by atoms with Gasteiger partial charge in [0.25, 0.3) is 5.91 Å². The lowest BCUT2D eigenvalue weighted by Gasteiger charge is -2.27. The van der Waals surface area contributed by atoms with Crippen molar-refractivity contribution in [2.24, 2.45) is 4.99 Å². The number of esters is 1. The van der Waals surface area contributed by atoms with Crippen LogP contribution in [0.5, 0.6) is 0 Å². The molecule has 1 heterocycles. The number of benzene rings is 1. The Bertz CT molecular complexity index is 839. The molecule has 162 valence electrons. The van der Waals surface area contributed by atoms with Crippen molar-refractivity contribution in [3.63, 3.8) is 0 Å². The number of imide groups is 1. The maximum absolute atomic E-state index is 12.9. The molecule has 30 heavy (non-hydrogen) atoms. The van der Waals surface area contributed by atoms with Crippen LogP contribution in [0.1, 0.15) is 39.7 Å². The molecule has 1 aliphatic heterocycles. The van der Waals surface area contributed by atoms with E-state index in [4.69, 9.17) is 9.47 Å². The highest BCUT2D eigenvalue weighted by molar-refractivity contribution is 6.18. The standard InChI is InChI=1S/C22H28N2O6/c1-5-29-18(25)11-12-23-14-16-19(26)17(13-15-9-7-6-8-10-15)24(20(16)27)21(28)30-22(2,3)4/h6-10,14,17,26H,5,11-13H2,1-4H3/t17-/m0/s1. The summed E-state index contributed by atoms with van der Waals surface area (Å²) in [4.78, 5) is 42.0. The van der Waals surface area contributed by atoms with Crippen LogP contribution in [0.4, 0.5) is 4.79 Å². The number of aliphatic imine (C=N–C) groups is 1. The topological polar surface area (TPSA) is 106 Å². The van der Waals surface area contributed by atoms with E-state index in [0.29, 0.717) is 0 Å². The first-order chi connectivity index (χ1) is 14.1. The summed E-state index contributed by atoms with van der Waals surface area (Å²) in [7, 11) is 0. The van der Waals surface area contributed by atoms with Crippen LogP contribution in [0, 0.1) is 0 Å². The molecule has 1 atom stereocenters. The lowest BCUT2D eigenvalue weighted by atomic mass is 10.0. The first kappa shape index (κ1) is 23.1. The number of amides is 2. The third-order valence-electron chi connectivity index (χ3n) is 4.19. The predicted octanol–water partition coefficient (Wildman–Crippen LogP) is 3.21. The third kappa shape index (κ3) is 6.17. The SMILES string of the molecule is CCOC(=O)CCN=CC1=C(O)[C@H](Cc2ccccc2)N(C(=O)OC(C)(C)C)C1=O. The van der Waals surface area contributed by atoms with Crippen LogP contribution < -0.4 is 0 Å². The molecule has 2 rings (SSSR count). The maximum Gasteiger partial charge on any atom is 0.418 e.